The van der Waals surface area contributed by atoms with Crippen LogP contribution in [0.15, 0.2) is 57.7 Å². The molecule has 28 heavy (non-hydrogen) atoms. The summed E-state index contributed by atoms with van der Waals surface area (Å²) in [5, 5.41) is 11.2. The summed E-state index contributed by atoms with van der Waals surface area (Å²) in [7, 11) is 0. The summed E-state index contributed by atoms with van der Waals surface area (Å²) >= 11 is 0. The number of anilines is 1. The van der Waals surface area contributed by atoms with Crippen LogP contribution >= 0.6 is 0 Å². The van der Waals surface area contributed by atoms with E-state index in [2.05, 4.69) is 5.32 Å². The molecule has 1 aromatic heterocycles. The number of nitrogens with zero attached hydrogens (tertiary/aromatic N) is 2. The van der Waals surface area contributed by atoms with E-state index in [1.807, 2.05) is 6.07 Å². The molecule has 0 aliphatic heterocycles. The molecule has 0 unspecified atom stereocenters. The third-order valence-corrected chi connectivity index (χ3v) is 4.00. The molecule has 0 aliphatic rings. The van der Waals surface area contributed by atoms with Crippen molar-refractivity contribution in [2.75, 3.05) is 11.9 Å². The Morgan fingerprint density at radius 3 is 2.64 bits per heavy atom. The molecule has 0 spiro atoms. The molecule has 0 aliphatic carbocycles. The maximum absolute atomic E-state index is 11.9. The van der Waals surface area contributed by atoms with E-state index in [4.69, 9.17) is 14.4 Å². The molecule has 0 radical (unpaired) electrons. The fraction of sp³-hybridized carbons (Fsp3) is 0.200. The van der Waals surface area contributed by atoms with Crippen LogP contribution < -0.4 is 11.1 Å². The number of esters is 1. The number of para-hydroxylation sites is 2. The van der Waals surface area contributed by atoms with Crippen LogP contribution in [-0.4, -0.2) is 23.1 Å². The molecular formula is C20H17N3O5. The highest BCUT2D eigenvalue weighted by molar-refractivity contribution is 5.92. The Labute approximate surface area is 159 Å². The summed E-state index contributed by atoms with van der Waals surface area (Å²) in [4.78, 5) is 35.6. The minimum Gasteiger partial charge on any atom is -0.456 e. The highest BCUT2D eigenvalue weighted by Crippen LogP contribution is 2.12. The van der Waals surface area contributed by atoms with Gasteiger partial charge < -0.3 is 14.5 Å². The smallest absolute Gasteiger partial charge is 0.419 e. The quantitative estimate of drug-likeness (QED) is 0.630. The molecule has 0 atom stereocenters. The van der Waals surface area contributed by atoms with Crippen molar-refractivity contribution in [1.82, 2.24) is 4.57 Å². The van der Waals surface area contributed by atoms with Crippen molar-refractivity contribution in [3.8, 4) is 6.07 Å². The molecule has 3 rings (SSSR count). The molecule has 1 N–H and O–H groups in total. The highest BCUT2D eigenvalue weighted by Gasteiger charge is 2.12. The number of rotatable bonds is 7. The summed E-state index contributed by atoms with van der Waals surface area (Å²) in [6.45, 7) is -0.337. The highest BCUT2D eigenvalue weighted by atomic mass is 16.5. The molecular weight excluding hydrogens is 362 g/mol. The second-order valence-corrected chi connectivity index (χ2v) is 5.98. The number of ether oxygens (including phenoxy) is 1. The first kappa shape index (κ1) is 18.9. The van der Waals surface area contributed by atoms with Crippen molar-refractivity contribution < 1.29 is 18.7 Å². The van der Waals surface area contributed by atoms with E-state index in [1.54, 1.807) is 48.5 Å². The lowest BCUT2D eigenvalue weighted by atomic mass is 10.1. The number of nitriles is 1. The first-order valence-corrected chi connectivity index (χ1v) is 8.56. The SMILES string of the molecule is N#CCc1ccc(NC(=O)COC(=O)CCn2c(=O)oc3ccccc32)cc1. The van der Waals surface area contributed by atoms with Crippen molar-refractivity contribution in [3.05, 3.63) is 64.6 Å². The Morgan fingerprint density at radius 1 is 1.14 bits per heavy atom. The number of hydrogen-bond acceptors (Lipinski definition) is 6. The van der Waals surface area contributed by atoms with Gasteiger partial charge >= 0.3 is 11.7 Å². The number of amides is 1. The van der Waals surface area contributed by atoms with Gasteiger partial charge in [-0.25, -0.2) is 4.79 Å². The Bertz CT molecular complexity index is 1090. The number of fused-ring (bicyclic) bond motifs is 1. The van der Waals surface area contributed by atoms with E-state index in [-0.39, 0.29) is 13.0 Å². The van der Waals surface area contributed by atoms with Gasteiger partial charge in [-0.15, -0.1) is 0 Å². The predicted octanol–water partition coefficient (Wildman–Crippen LogP) is 2.23. The van der Waals surface area contributed by atoms with Crippen molar-refractivity contribution in [2.24, 2.45) is 0 Å². The number of benzene rings is 2. The predicted molar refractivity (Wildman–Crippen MR) is 100 cm³/mol. The Balaban J connectivity index is 1.47. The average Bonchev–Trinajstić information content (AvgIpc) is 3.01. The fourth-order valence-electron chi connectivity index (χ4n) is 2.64. The number of aromatic nitrogens is 1. The monoisotopic (exact) mass is 379 g/mol. The van der Waals surface area contributed by atoms with Gasteiger partial charge in [-0.05, 0) is 29.8 Å². The van der Waals surface area contributed by atoms with Crippen LogP contribution in [0.3, 0.4) is 0 Å². The van der Waals surface area contributed by atoms with Gasteiger partial charge in [-0.1, -0.05) is 24.3 Å². The zero-order valence-electron chi connectivity index (χ0n) is 14.9. The maximum atomic E-state index is 11.9. The summed E-state index contributed by atoms with van der Waals surface area (Å²) in [6.07, 6.45) is 0.223. The van der Waals surface area contributed by atoms with E-state index in [0.29, 0.717) is 23.2 Å². The molecule has 1 amide bonds. The summed E-state index contributed by atoms with van der Waals surface area (Å²) in [6, 6.07) is 15.8. The van der Waals surface area contributed by atoms with Crippen LogP contribution in [0.2, 0.25) is 0 Å². The van der Waals surface area contributed by atoms with Crippen LogP contribution in [0.4, 0.5) is 5.69 Å². The molecule has 8 heteroatoms. The molecule has 0 saturated carbocycles. The lowest BCUT2D eigenvalue weighted by molar-refractivity contribution is -0.147. The van der Waals surface area contributed by atoms with Crippen molar-refractivity contribution >= 4 is 28.7 Å². The molecule has 0 fully saturated rings. The molecule has 3 aromatic rings. The Morgan fingerprint density at radius 2 is 1.89 bits per heavy atom. The normalized spacial score (nSPS) is 10.4. The first-order valence-electron chi connectivity index (χ1n) is 8.56. The summed E-state index contributed by atoms with van der Waals surface area (Å²) < 4.78 is 11.4. The minimum atomic E-state index is -0.600. The zero-order chi connectivity index (χ0) is 19.9. The number of aryl methyl sites for hydroxylation is 1. The van der Waals surface area contributed by atoms with Gasteiger partial charge in [0.25, 0.3) is 5.91 Å². The minimum absolute atomic E-state index is 0.0699. The van der Waals surface area contributed by atoms with E-state index in [1.165, 1.54) is 4.57 Å². The molecule has 2 aromatic carbocycles. The van der Waals surface area contributed by atoms with Gasteiger partial charge in [0, 0.05) is 12.2 Å². The van der Waals surface area contributed by atoms with Gasteiger partial charge in [0.2, 0.25) is 0 Å². The number of carbonyl (C=O) groups excluding carboxylic acids is 2. The topological polar surface area (TPSA) is 114 Å². The van der Waals surface area contributed by atoms with E-state index in [0.717, 1.165) is 5.56 Å². The van der Waals surface area contributed by atoms with E-state index in [9.17, 15) is 14.4 Å². The molecule has 8 nitrogen and oxygen atoms in total. The van der Waals surface area contributed by atoms with Gasteiger partial charge in [0.15, 0.2) is 12.2 Å². The van der Waals surface area contributed by atoms with Gasteiger partial charge in [0.05, 0.1) is 24.4 Å². The first-order chi connectivity index (χ1) is 13.6. The fourth-order valence-corrected chi connectivity index (χ4v) is 2.64. The third-order valence-electron chi connectivity index (χ3n) is 4.00. The molecule has 1 heterocycles. The van der Waals surface area contributed by atoms with Crippen molar-refractivity contribution in [2.45, 2.75) is 19.4 Å². The number of hydrogen-bond donors (Lipinski definition) is 1. The largest absolute Gasteiger partial charge is 0.456 e. The molecule has 0 saturated heterocycles. The zero-order valence-corrected chi connectivity index (χ0v) is 14.9. The Hall–Kier alpha value is -3.86. The summed E-state index contributed by atoms with van der Waals surface area (Å²) in [5.41, 5.74) is 2.42. The Kier molecular flexibility index (Phi) is 5.87. The third kappa shape index (κ3) is 4.65. The van der Waals surface area contributed by atoms with Crippen LogP contribution in [0.25, 0.3) is 11.1 Å². The number of carbonyl (C=O) groups is 2. The number of oxazole rings is 1. The van der Waals surface area contributed by atoms with Crippen LogP contribution in [0, 0.1) is 11.3 Å². The second kappa shape index (κ2) is 8.68. The van der Waals surface area contributed by atoms with Crippen molar-refractivity contribution in [3.63, 3.8) is 0 Å². The van der Waals surface area contributed by atoms with E-state index < -0.39 is 24.2 Å². The lowest BCUT2D eigenvalue weighted by Crippen LogP contribution is -2.22. The summed E-state index contributed by atoms with van der Waals surface area (Å²) in [5.74, 6) is -1.63. The van der Waals surface area contributed by atoms with Crippen molar-refractivity contribution in [1.29, 1.82) is 5.26 Å². The van der Waals surface area contributed by atoms with E-state index >= 15 is 0 Å². The van der Waals surface area contributed by atoms with Crippen LogP contribution in [0.5, 0.6) is 0 Å². The molecule has 0 bridgehead atoms. The van der Waals surface area contributed by atoms with Gasteiger partial charge in [-0.2, -0.15) is 5.26 Å². The van der Waals surface area contributed by atoms with Gasteiger partial charge in [-0.3, -0.25) is 14.2 Å². The second-order valence-electron chi connectivity index (χ2n) is 5.98. The number of nitrogens with one attached hydrogen (secondary N) is 1. The van der Waals surface area contributed by atoms with Gasteiger partial charge in [0.1, 0.15) is 0 Å². The average molecular weight is 379 g/mol. The maximum Gasteiger partial charge on any atom is 0.419 e. The van der Waals surface area contributed by atoms with Crippen LogP contribution in [-0.2, 0) is 27.3 Å². The van der Waals surface area contributed by atoms with Crippen LogP contribution in [0.1, 0.15) is 12.0 Å². The lowest BCUT2D eigenvalue weighted by Gasteiger charge is -2.07. The molecule has 142 valence electrons. The standard InChI is InChI=1S/C20H17N3O5/c21-11-9-14-5-7-15(8-6-14)22-18(24)13-27-19(25)10-12-23-16-3-1-2-4-17(16)28-20(23)26/h1-8H,9-10,12-13H2,(H,22,24).